The zero-order valence-electron chi connectivity index (χ0n) is 8.02. The number of hydrogen-bond donors (Lipinski definition) is 0. The summed E-state index contributed by atoms with van der Waals surface area (Å²) in [5, 5.41) is 0.749. The van der Waals surface area contributed by atoms with E-state index in [1.165, 1.54) is 0 Å². The van der Waals surface area contributed by atoms with E-state index in [9.17, 15) is 0 Å². The van der Waals surface area contributed by atoms with Gasteiger partial charge in [-0.3, -0.25) is 0 Å². The first-order valence-electron chi connectivity index (χ1n) is 4.05. The van der Waals surface area contributed by atoms with Crippen LogP contribution in [0.4, 0.5) is 0 Å². The summed E-state index contributed by atoms with van der Waals surface area (Å²) in [6.45, 7) is 5.93. The van der Waals surface area contributed by atoms with Gasteiger partial charge in [0.15, 0.2) is 0 Å². The second-order valence-corrected chi connectivity index (χ2v) is 2.47. The molecular formula is C10H15ClO. The van der Waals surface area contributed by atoms with Gasteiger partial charge in [0.25, 0.3) is 0 Å². The van der Waals surface area contributed by atoms with Gasteiger partial charge in [0.2, 0.25) is 0 Å². The molecule has 2 heteroatoms. The van der Waals surface area contributed by atoms with Gasteiger partial charge in [-0.25, -0.2) is 0 Å². The van der Waals surface area contributed by atoms with Gasteiger partial charge in [-0.15, -0.1) is 0 Å². The molecule has 0 atom stereocenters. The molecule has 0 aliphatic heterocycles. The fourth-order valence-electron chi connectivity index (χ4n) is 0.809. The first kappa shape index (κ1) is 11.3. The molecule has 0 bridgehead atoms. The van der Waals surface area contributed by atoms with Crippen LogP contribution in [0, 0.1) is 6.92 Å². The van der Waals surface area contributed by atoms with E-state index in [-0.39, 0.29) is 0 Å². The average Bonchev–Trinajstić information content (AvgIpc) is 2.13. The van der Waals surface area contributed by atoms with E-state index >= 15 is 0 Å². The highest BCUT2D eigenvalue weighted by Crippen LogP contribution is 2.24. The molecule has 1 rings (SSSR count). The monoisotopic (exact) mass is 186 g/mol. The molecule has 1 nitrogen and oxygen atoms in total. The standard InChI is InChI=1S/C8H9ClO.C2H6/c1-6-7(9)4-3-5-8(6)10-2;1-2/h3-5H,1-2H3;1-2H3. The molecule has 0 amide bonds. The van der Waals surface area contributed by atoms with Crippen molar-refractivity contribution in [1.82, 2.24) is 0 Å². The molecule has 0 fully saturated rings. The Morgan fingerprint density at radius 2 is 1.83 bits per heavy atom. The molecule has 0 saturated carbocycles. The number of methoxy groups -OCH3 is 1. The highest BCUT2D eigenvalue weighted by molar-refractivity contribution is 6.31. The highest BCUT2D eigenvalue weighted by Gasteiger charge is 1.99. The van der Waals surface area contributed by atoms with Crippen molar-refractivity contribution in [1.29, 1.82) is 0 Å². The van der Waals surface area contributed by atoms with Crippen molar-refractivity contribution < 1.29 is 4.74 Å². The third-order valence-electron chi connectivity index (χ3n) is 1.44. The minimum Gasteiger partial charge on any atom is -0.496 e. The van der Waals surface area contributed by atoms with Gasteiger partial charge < -0.3 is 4.74 Å². The van der Waals surface area contributed by atoms with Crippen molar-refractivity contribution in [2.24, 2.45) is 0 Å². The molecule has 0 spiro atoms. The van der Waals surface area contributed by atoms with E-state index in [1.54, 1.807) is 7.11 Å². The Morgan fingerprint density at radius 3 is 2.25 bits per heavy atom. The highest BCUT2D eigenvalue weighted by atomic mass is 35.5. The topological polar surface area (TPSA) is 9.23 Å². The van der Waals surface area contributed by atoms with Crippen LogP contribution in [0.1, 0.15) is 19.4 Å². The van der Waals surface area contributed by atoms with Crippen LogP contribution >= 0.6 is 11.6 Å². The van der Waals surface area contributed by atoms with Crippen molar-refractivity contribution in [2.75, 3.05) is 7.11 Å². The van der Waals surface area contributed by atoms with E-state index in [0.717, 1.165) is 16.3 Å². The van der Waals surface area contributed by atoms with E-state index < -0.39 is 0 Å². The minimum atomic E-state index is 0.749. The van der Waals surface area contributed by atoms with Gasteiger partial charge in [0.05, 0.1) is 7.11 Å². The SMILES string of the molecule is CC.COc1cccc(Cl)c1C. The predicted octanol–water partition coefficient (Wildman–Crippen LogP) is 3.68. The number of halogens is 1. The van der Waals surface area contributed by atoms with E-state index in [0.29, 0.717) is 0 Å². The maximum atomic E-state index is 5.81. The Kier molecular flexibility index (Phi) is 5.56. The van der Waals surface area contributed by atoms with Crippen LogP contribution in [-0.2, 0) is 0 Å². The summed E-state index contributed by atoms with van der Waals surface area (Å²) >= 11 is 5.81. The lowest BCUT2D eigenvalue weighted by atomic mass is 10.2. The van der Waals surface area contributed by atoms with Crippen LogP contribution in [0.15, 0.2) is 18.2 Å². The molecule has 0 saturated heterocycles. The normalized spacial score (nSPS) is 8.42. The van der Waals surface area contributed by atoms with Crippen LogP contribution in [0.25, 0.3) is 0 Å². The summed E-state index contributed by atoms with van der Waals surface area (Å²) in [6, 6.07) is 5.61. The molecular weight excluding hydrogens is 172 g/mol. The fourth-order valence-corrected chi connectivity index (χ4v) is 0.975. The van der Waals surface area contributed by atoms with Gasteiger partial charge in [-0.2, -0.15) is 0 Å². The molecule has 68 valence electrons. The van der Waals surface area contributed by atoms with Crippen LogP contribution in [0.5, 0.6) is 5.75 Å². The third-order valence-corrected chi connectivity index (χ3v) is 1.85. The number of rotatable bonds is 1. The molecule has 0 aromatic heterocycles. The van der Waals surface area contributed by atoms with Crippen LogP contribution in [0.2, 0.25) is 5.02 Å². The molecule has 0 unspecified atom stereocenters. The molecule has 0 heterocycles. The molecule has 1 aromatic carbocycles. The largest absolute Gasteiger partial charge is 0.496 e. The molecule has 0 N–H and O–H groups in total. The maximum Gasteiger partial charge on any atom is 0.123 e. The van der Waals surface area contributed by atoms with Crippen molar-refractivity contribution in [3.63, 3.8) is 0 Å². The lowest BCUT2D eigenvalue weighted by Crippen LogP contribution is -1.86. The Bertz CT molecular complexity index is 233. The van der Waals surface area contributed by atoms with Gasteiger partial charge >= 0.3 is 0 Å². The Morgan fingerprint density at radius 1 is 1.25 bits per heavy atom. The minimum absolute atomic E-state index is 0.749. The average molecular weight is 187 g/mol. The Hall–Kier alpha value is -0.690. The summed E-state index contributed by atoms with van der Waals surface area (Å²) in [4.78, 5) is 0. The lowest BCUT2D eigenvalue weighted by molar-refractivity contribution is 0.412. The van der Waals surface area contributed by atoms with Crippen LogP contribution < -0.4 is 4.74 Å². The molecule has 0 aliphatic carbocycles. The summed E-state index contributed by atoms with van der Waals surface area (Å²) in [5.41, 5.74) is 0.992. The van der Waals surface area contributed by atoms with Gasteiger partial charge in [0.1, 0.15) is 5.75 Å². The molecule has 1 aromatic rings. The smallest absolute Gasteiger partial charge is 0.123 e. The number of benzene rings is 1. The van der Waals surface area contributed by atoms with Gasteiger partial charge in [-0.05, 0) is 19.1 Å². The van der Waals surface area contributed by atoms with E-state index in [2.05, 4.69) is 0 Å². The first-order valence-corrected chi connectivity index (χ1v) is 4.42. The third kappa shape index (κ3) is 2.74. The Balaban J connectivity index is 0.000000561. The summed E-state index contributed by atoms with van der Waals surface area (Å²) in [5.74, 6) is 0.840. The molecule has 0 radical (unpaired) electrons. The number of ether oxygens (including phenoxy) is 1. The van der Waals surface area contributed by atoms with Crippen LogP contribution in [0.3, 0.4) is 0 Å². The second kappa shape index (κ2) is 5.90. The zero-order valence-corrected chi connectivity index (χ0v) is 8.77. The van der Waals surface area contributed by atoms with Crippen molar-refractivity contribution in [3.05, 3.63) is 28.8 Å². The van der Waals surface area contributed by atoms with Crippen molar-refractivity contribution in [3.8, 4) is 5.75 Å². The second-order valence-electron chi connectivity index (χ2n) is 2.07. The fraction of sp³-hybridized carbons (Fsp3) is 0.400. The van der Waals surface area contributed by atoms with Crippen LogP contribution in [-0.4, -0.2) is 7.11 Å². The summed E-state index contributed by atoms with van der Waals surface area (Å²) < 4.78 is 5.04. The lowest BCUT2D eigenvalue weighted by Gasteiger charge is -2.03. The van der Waals surface area contributed by atoms with Crippen molar-refractivity contribution in [2.45, 2.75) is 20.8 Å². The number of hydrogen-bond acceptors (Lipinski definition) is 1. The maximum absolute atomic E-state index is 5.81. The molecule has 12 heavy (non-hydrogen) atoms. The first-order chi connectivity index (χ1) is 5.75. The summed E-state index contributed by atoms with van der Waals surface area (Å²) in [6.07, 6.45) is 0. The quantitative estimate of drug-likeness (QED) is 0.650. The predicted molar refractivity (Wildman–Crippen MR) is 54.1 cm³/mol. The van der Waals surface area contributed by atoms with Gasteiger partial charge in [0, 0.05) is 10.6 Å². The zero-order chi connectivity index (χ0) is 9.56. The Labute approximate surface area is 79.3 Å². The van der Waals surface area contributed by atoms with Crippen molar-refractivity contribution >= 4 is 11.6 Å². The van der Waals surface area contributed by atoms with E-state index in [1.807, 2.05) is 39.0 Å². The summed E-state index contributed by atoms with van der Waals surface area (Å²) in [7, 11) is 1.64. The van der Waals surface area contributed by atoms with Gasteiger partial charge in [-0.1, -0.05) is 31.5 Å². The molecule has 0 aliphatic rings. The van der Waals surface area contributed by atoms with E-state index in [4.69, 9.17) is 16.3 Å².